The van der Waals surface area contributed by atoms with E-state index in [4.69, 9.17) is 4.74 Å². The van der Waals surface area contributed by atoms with E-state index in [-0.39, 0.29) is 0 Å². The van der Waals surface area contributed by atoms with Crippen LogP contribution in [0, 0.1) is 0 Å². The van der Waals surface area contributed by atoms with Crippen LogP contribution in [0.25, 0.3) is 0 Å². The van der Waals surface area contributed by atoms with E-state index in [0.717, 1.165) is 5.56 Å². The molecule has 1 fully saturated rings. The van der Waals surface area contributed by atoms with Gasteiger partial charge in [-0.25, -0.2) is 9.18 Å². The Bertz CT molecular complexity index is 455. The summed E-state index contributed by atoms with van der Waals surface area (Å²) in [5, 5.41) is 0. The maximum atomic E-state index is 14.1. The van der Waals surface area contributed by atoms with E-state index in [1.807, 2.05) is 51.1 Å². The van der Waals surface area contributed by atoms with Gasteiger partial charge in [0.15, 0.2) is 0 Å². The predicted molar refractivity (Wildman–Crippen MR) is 76.4 cm³/mol. The van der Waals surface area contributed by atoms with Crippen LogP contribution in [0.3, 0.4) is 0 Å². The fourth-order valence-corrected chi connectivity index (χ4v) is 2.46. The molecule has 2 atom stereocenters. The van der Waals surface area contributed by atoms with Gasteiger partial charge in [0.25, 0.3) is 0 Å². The molecule has 20 heavy (non-hydrogen) atoms. The maximum absolute atomic E-state index is 14.1. The Morgan fingerprint density at radius 3 is 2.60 bits per heavy atom. The standard InChI is InChI=1S/C16H22FNO2/c1-16(2,3)20-15(19)18-10-9-13(17)14(18)11-12-7-5-4-6-8-12/h4-8,13-14H,9-11H2,1-3H3/t13-,14+/m0/s1. The number of rotatable bonds is 2. The third-order valence-electron chi connectivity index (χ3n) is 3.38. The first-order valence-corrected chi connectivity index (χ1v) is 7.04. The highest BCUT2D eigenvalue weighted by Gasteiger charge is 2.39. The monoisotopic (exact) mass is 279 g/mol. The molecule has 2 rings (SSSR count). The molecule has 1 aromatic rings. The number of hydrogen-bond donors (Lipinski definition) is 0. The van der Waals surface area contributed by atoms with Crippen molar-refractivity contribution in [3.8, 4) is 0 Å². The van der Waals surface area contributed by atoms with E-state index >= 15 is 0 Å². The van der Waals surface area contributed by atoms with Crippen molar-refractivity contribution in [2.45, 2.75) is 51.4 Å². The molecule has 0 N–H and O–H groups in total. The van der Waals surface area contributed by atoms with Crippen LogP contribution in [0.15, 0.2) is 30.3 Å². The van der Waals surface area contributed by atoms with Gasteiger partial charge in [0.05, 0.1) is 6.04 Å². The molecular weight excluding hydrogens is 257 g/mol. The SMILES string of the molecule is CC(C)(C)OC(=O)N1CC[C@H](F)[C@H]1Cc1ccccc1. The number of likely N-dealkylation sites (tertiary alicyclic amines) is 1. The lowest BCUT2D eigenvalue weighted by atomic mass is 10.0. The average molecular weight is 279 g/mol. The molecule has 0 unspecified atom stereocenters. The van der Waals surface area contributed by atoms with Crippen molar-refractivity contribution in [1.29, 1.82) is 0 Å². The minimum Gasteiger partial charge on any atom is -0.444 e. The van der Waals surface area contributed by atoms with Crippen molar-refractivity contribution in [2.75, 3.05) is 6.54 Å². The Balaban J connectivity index is 2.07. The molecule has 0 radical (unpaired) electrons. The molecule has 4 heteroatoms. The van der Waals surface area contributed by atoms with Crippen molar-refractivity contribution in [1.82, 2.24) is 4.90 Å². The molecule has 3 nitrogen and oxygen atoms in total. The summed E-state index contributed by atoms with van der Waals surface area (Å²) < 4.78 is 19.4. The molecule has 1 saturated heterocycles. The Kier molecular flexibility index (Phi) is 4.31. The van der Waals surface area contributed by atoms with E-state index in [2.05, 4.69) is 0 Å². The zero-order valence-electron chi connectivity index (χ0n) is 12.3. The smallest absolute Gasteiger partial charge is 0.410 e. The molecule has 1 heterocycles. The molecule has 0 bridgehead atoms. The number of halogens is 1. The minimum absolute atomic E-state index is 0.386. The summed E-state index contributed by atoms with van der Waals surface area (Å²) in [5.74, 6) is 0. The first-order valence-electron chi connectivity index (χ1n) is 7.04. The second-order valence-corrected chi connectivity index (χ2v) is 6.24. The van der Waals surface area contributed by atoms with Crippen molar-refractivity contribution in [3.63, 3.8) is 0 Å². The first kappa shape index (κ1) is 14.8. The van der Waals surface area contributed by atoms with E-state index in [1.54, 1.807) is 0 Å². The number of nitrogens with zero attached hydrogens (tertiary/aromatic N) is 1. The lowest BCUT2D eigenvalue weighted by Crippen LogP contribution is -2.43. The van der Waals surface area contributed by atoms with Gasteiger partial charge in [-0.2, -0.15) is 0 Å². The molecule has 1 amide bonds. The zero-order valence-corrected chi connectivity index (χ0v) is 12.3. The van der Waals surface area contributed by atoms with Crippen molar-refractivity contribution < 1.29 is 13.9 Å². The predicted octanol–water partition coefficient (Wildman–Crippen LogP) is 3.58. The van der Waals surface area contributed by atoms with Gasteiger partial charge in [0.1, 0.15) is 11.8 Å². The second kappa shape index (κ2) is 5.81. The van der Waals surface area contributed by atoms with Gasteiger partial charge in [-0.15, -0.1) is 0 Å². The number of carbonyl (C=O) groups excluding carboxylic acids is 1. The zero-order chi connectivity index (χ0) is 14.8. The summed E-state index contributed by atoms with van der Waals surface area (Å²) in [6.45, 7) is 5.88. The van der Waals surface area contributed by atoms with Crippen LogP contribution >= 0.6 is 0 Å². The van der Waals surface area contributed by atoms with Gasteiger partial charge in [-0.3, -0.25) is 0 Å². The van der Waals surface area contributed by atoms with Crippen molar-refractivity contribution >= 4 is 6.09 Å². The van der Waals surface area contributed by atoms with Gasteiger partial charge in [-0.1, -0.05) is 30.3 Å². The largest absolute Gasteiger partial charge is 0.444 e. The van der Waals surface area contributed by atoms with Gasteiger partial charge in [0, 0.05) is 6.54 Å². The van der Waals surface area contributed by atoms with E-state index in [9.17, 15) is 9.18 Å². The van der Waals surface area contributed by atoms with Crippen LogP contribution in [-0.2, 0) is 11.2 Å². The Hall–Kier alpha value is -1.58. The highest BCUT2D eigenvalue weighted by molar-refractivity contribution is 5.69. The summed E-state index contributed by atoms with van der Waals surface area (Å²) in [6.07, 6.45) is -0.487. The van der Waals surface area contributed by atoms with Gasteiger partial charge in [0.2, 0.25) is 0 Å². The average Bonchev–Trinajstić information content (AvgIpc) is 2.70. The Labute approximate surface area is 119 Å². The molecule has 0 spiro atoms. The lowest BCUT2D eigenvalue weighted by Gasteiger charge is -2.29. The van der Waals surface area contributed by atoms with Crippen LogP contribution in [0.4, 0.5) is 9.18 Å². The maximum Gasteiger partial charge on any atom is 0.410 e. The highest BCUT2D eigenvalue weighted by Crippen LogP contribution is 2.26. The molecule has 110 valence electrons. The molecule has 0 saturated carbocycles. The fraction of sp³-hybridized carbons (Fsp3) is 0.562. The van der Waals surface area contributed by atoms with Crippen LogP contribution in [0.2, 0.25) is 0 Å². The Morgan fingerprint density at radius 2 is 2.00 bits per heavy atom. The van der Waals surface area contributed by atoms with Crippen molar-refractivity contribution in [3.05, 3.63) is 35.9 Å². The molecule has 1 aliphatic rings. The number of alkyl halides is 1. The topological polar surface area (TPSA) is 29.5 Å². The summed E-state index contributed by atoms with van der Waals surface area (Å²) in [6, 6.07) is 9.27. The number of hydrogen-bond acceptors (Lipinski definition) is 2. The molecule has 0 aromatic heterocycles. The van der Waals surface area contributed by atoms with Crippen LogP contribution in [0.5, 0.6) is 0 Å². The number of benzene rings is 1. The van der Waals surface area contributed by atoms with E-state index in [1.165, 1.54) is 4.90 Å². The number of carbonyl (C=O) groups is 1. The summed E-state index contributed by atoms with van der Waals surface area (Å²) in [7, 11) is 0. The normalized spacial score (nSPS) is 22.9. The molecular formula is C16H22FNO2. The highest BCUT2D eigenvalue weighted by atomic mass is 19.1. The lowest BCUT2D eigenvalue weighted by molar-refractivity contribution is 0.0197. The summed E-state index contributed by atoms with van der Waals surface area (Å²) >= 11 is 0. The van der Waals surface area contributed by atoms with Gasteiger partial charge in [-0.05, 0) is 39.2 Å². The minimum atomic E-state index is -0.984. The quantitative estimate of drug-likeness (QED) is 0.828. The summed E-state index contributed by atoms with van der Waals surface area (Å²) in [5.41, 5.74) is 0.485. The van der Waals surface area contributed by atoms with Crippen molar-refractivity contribution in [2.24, 2.45) is 0 Å². The summed E-state index contributed by atoms with van der Waals surface area (Å²) in [4.78, 5) is 13.7. The Morgan fingerprint density at radius 1 is 1.35 bits per heavy atom. The molecule has 0 aliphatic carbocycles. The fourth-order valence-electron chi connectivity index (χ4n) is 2.46. The van der Waals surface area contributed by atoms with Crippen LogP contribution < -0.4 is 0 Å². The van der Waals surface area contributed by atoms with Crippen LogP contribution in [0.1, 0.15) is 32.8 Å². The van der Waals surface area contributed by atoms with Gasteiger partial charge < -0.3 is 9.64 Å². The van der Waals surface area contributed by atoms with Crippen LogP contribution in [-0.4, -0.2) is 35.4 Å². The van der Waals surface area contributed by atoms with E-state index in [0.29, 0.717) is 19.4 Å². The number of amides is 1. The second-order valence-electron chi connectivity index (χ2n) is 6.24. The number of ether oxygens (including phenoxy) is 1. The van der Waals surface area contributed by atoms with E-state index < -0.39 is 23.9 Å². The third-order valence-corrected chi connectivity index (χ3v) is 3.38. The molecule has 1 aromatic carbocycles. The molecule has 1 aliphatic heterocycles. The van der Waals surface area contributed by atoms with Gasteiger partial charge >= 0.3 is 6.09 Å². The third kappa shape index (κ3) is 3.71. The first-order chi connectivity index (χ1) is 9.37.